The third kappa shape index (κ3) is 3.83. The van der Waals surface area contributed by atoms with Crippen LogP contribution in [0.2, 0.25) is 0 Å². The van der Waals surface area contributed by atoms with Gasteiger partial charge in [0.05, 0.1) is 0 Å². The van der Waals surface area contributed by atoms with E-state index in [1.165, 1.54) is 33.1 Å². The summed E-state index contributed by atoms with van der Waals surface area (Å²) in [6.07, 6.45) is 19.7. The Morgan fingerprint density at radius 1 is 0.881 bits per heavy atom. The topological polar surface area (TPSA) is 58.8 Å². The van der Waals surface area contributed by atoms with Gasteiger partial charge in [-0.15, -0.1) is 0 Å². The number of nitrogens with zero attached hydrogens (tertiary/aromatic N) is 1. The number of hydrogen-bond acceptors (Lipinski definition) is 5. The molecule has 4 unspecified atom stereocenters. The fourth-order valence-corrected chi connectivity index (χ4v) is 7.61. The van der Waals surface area contributed by atoms with Crippen LogP contribution in [0, 0.1) is 0 Å². The van der Waals surface area contributed by atoms with Gasteiger partial charge in [-0.3, -0.25) is 5.32 Å². The smallest absolute Gasteiger partial charge is 0.134 e. The van der Waals surface area contributed by atoms with Crippen LogP contribution in [-0.4, -0.2) is 24.3 Å². The van der Waals surface area contributed by atoms with E-state index >= 15 is 0 Å². The molecule has 42 heavy (non-hydrogen) atoms. The molecule has 3 aromatic rings. The standard InChI is InChI=1S/C37H33N3O2/c1-2-10-23(11-3-1)35-38-36(24-18-19-27-26-13-6-7-15-30(26)41-32(27)21-24)40-37(39-35)29-14-8-16-31-33(29)28-20-17-22-9-4-5-12-25(22)34(28)42-31/h1-4,6-7,9-11,13,15-16,18-19,21,27,32,36-37,40H,5,8,12,14,17,20H2,(H,38,39). The van der Waals surface area contributed by atoms with E-state index in [-0.39, 0.29) is 24.4 Å². The Morgan fingerprint density at radius 3 is 2.74 bits per heavy atom. The van der Waals surface area contributed by atoms with Gasteiger partial charge < -0.3 is 14.5 Å². The van der Waals surface area contributed by atoms with Gasteiger partial charge in [0, 0.05) is 27.8 Å². The number of allylic oxidation sites excluding steroid dienone is 4. The first-order valence-electron chi connectivity index (χ1n) is 15.4. The van der Waals surface area contributed by atoms with Crippen LogP contribution in [0.1, 0.15) is 60.5 Å². The van der Waals surface area contributed by atoms with Crippen molar-refractivity contribution < 1.29 is 9.15 Å². The second-order valence-corrected chi connectivity index (χ2v) is 12.0. The highest BCUT2D eigenvalue weighted by atomic mass is 16.5. The highest BCUT2D eigenvalue weighted by molar-refractivity contribution is 6.00. The molecule has 0 fully saturated rings. The number of hydrogen-bond donors (Lipinski definition) is 2. The third-order valence-corrected chi connectivity index (χ3v) is 9.61. The summed E-state index contributed by atoms with van der Waals surface area (Å²) in [6, 6.07) is 18.9. The Balaban J connectivity index is 1.13. The van der Waals surface area contributed by atoms with Crippen molar-refractivity contribution in [3.8, 4) is 5.75 Å². The highest BCUT2D eigenvalue weighted by Gasteiger charge is 2.36. The van der Waals surface area contributed by atoms with Crippen LogP contribution in [0.25, 0.3) is 17.2 Å². The van der Waals surface area contributed by atoms with Crippen molar-refractivity contribution in [1.82, 2.24) is 10.6 Å². The molecular weight excluding hydrogens is 518 g/mol. The molecule has 0 amide bonds. The van der Waals surface area contributed by atoms with Crippen LogP contribution in [0.15, 0.2) is 106 Å². The lowest BCUT2D eigenvalue weighted by Gasteiger charge is -2.35. The average Bonchev–Trinajstić information content (AvgIpc) is 3.63. The quantitative estimate of drug-likeness (QED) is 0.459. The monoisotopic (exact) mass is 551 g/mol. The van der Waals surface area contributed by atoms with Crippen molar-refractivity contribution in [3.05, 3.63) is 129 Å². The number of ether oxygens (including phenoxy) is 1. The molecule has 4 atom stereocenters. The van der Waals surface area contributed by atoms with Crippen molar-refractivity contribution in [3.63, 3.8) is 0 Å². The van der Waals surface area contributed by atoms with E-state index < -0.39 is 0 Å². The van der Waals surface area contributed by atoms with Gasteiger partial charge in [0.25, 0.3) is 0 Å². The molecule has 208 valence electrons. The Hall–Kier alpha value is -4.35. The molecule has 0 saturated heterocycles. The predicted molar refractivity (Wildman–Crippen MR) is 166 cm³/mol. The Labute approximate surface area is 245 Å². The fourth-order valence-electron chi connectivity index (χ4n) is 7.61. The summed E-state index contributed by atoms with van der Waals surface area (Å²) in [5, 5.41) is 9.02. The molecule has 6 aliphatic rings. The Kier molecular flexibility index (Phi) is 5.55. The van der Waals surface area contributed by atoms with E-state index in [9.17, 15) is 0 Å². The molecule has 0 spiro atoms. The molecule has 2 N–H and O–H groups in total. The first-order chi connectivity index (χ1) is 20.8. The van der Waals surface area contributed by atoms with Crippen LogP contribution >= 0.6 is 0 Å². The van der Waals surface area contributed by atoms with Crippen LogP contribution < -0.4 is 26.0 Å². The number of para-hydroxylation sites is 1. The minimum absolute atomic E-state index is 0.00986. The summed E-state index contributed by atoms with van der Waals surface area (Å²) in [6.45, 7) is 0. The second-order valence-electron chi connectivity index (χ2n) is 12.0. The maximum atomic E-state index is 6.66. The van der Waals surface area contributed by atoms with E-state index in [0.29, 0.717) is 0 Å². The van der Waals surface area contributed by atoms with E-state index in [4.69, 9.17) is 14.1 Å². The summed E-state index contributed by atoms with van der Waals surface area (Å²) >= 11 is 0. The lowest BCUT2D eigenvalue weighted by molar-refractivity contribution is 0.266. The average molecular weight is 552 g/mol. The van der Waals surface area contributed by atoms with Gasteiger partial charge in [-0.25, -0.2) is 4.99 Å². The van der Waals surface area contributed by atoms with Gasteiger partial charge in [0.2, 0.25) is 0 Å². The molecule has 2 aliphatic heterocycles. The van der Waals surface area contributed by atoms with E-state index in [2.05, 4.69) is 95.6 Å². The Morgan fingerprint density at radius 2 is 1.79 bits per heavy atom. The highest BCUT2D eigenvalue weighted by Crippen LogP contribution is 2.42. The van der Waals surface area contributed by atoms with Gasteiger partial charge in [-0.05, 0) is 79.0 Å². The van der Waals surface area contributed by atoms with E-state index in [1.54, 1.807) is 0 Å². The summed E-state index contributed by atoms with van der Waals surface area (Å²) in [5.41, 5.74) is 10.2. The normalized spacial score (nSPS) is 26.9. The van der Waals surface area contributed by atoms with Crippen molar-refractivity contribution in [2.45, 2.75) is 62.9 Å². The zero-order chi connectivity index (χ0) is 27.6. The predicted octanol–water partition coefficient (Wildman–Crippen LogP) is 5.39. The fraction of sp³-hybridized carbons (Fsp3) is 0.270. The lowest BCUT2D eigenvalue weighted by Crippen LogP contribution is -2.57. The zero-order valence-corrected chi connectivity index (χ0v) is 23.5. The summed E-state index contributed by atoms with van der Waals surface area (Å²) < 4.78 is 13.0. The molecule has 5 nitrogen and oxygen atoms in total. The zero-order valence-electron chi connectivity index (χ0n) is 23.5. The largest absolute Gasteiger partial charge is 0.485 e. The van der Waals surface area contributed by atoms with Crippen LogP contribution in [0.3, 0.4) is 0 Å². The number of amidine groups is 1. The Bertz CT molecular complexity index is 1890. The number of aliphatic imine (C=N–C) groups is 1. The molecule has 5 heteroatoms. The summed E-state index contributed by atoms with van der Waals surface area (Å²) in [7, 11) is 0. The summed E-state index contributed by atoms with van der Waals surface area (Å²) in [4.78, 5) is 5.23. The lowest BCUT2D eigenvalue weighted by atomic mass is 9.83. The number of benzene rings is 2. The molecule has 0 radical (unpaired) electrons. The van der Waals surface area contributed by atoms with Gasteiger partial charge in [-0.1, -0.05) is 72.8 Å². The SMILES string of the molecule is C1=CC2=C(CC1)c1oc3c(c1CC2)=C(C1NC(c2ccccc2)=NC(C2=CC4Oc5ccccc5C4C=C2)N1)CCC=3. The number of rotatable bonds is 3. The van der Waals surface area contributed by atoms with Crippen molar-refractivity contribution in [2.24, 2.45) is 4.99 Å². The van der Waals surface area contributed by atoms with Crippen molar-refractivity contribution >= 4 is 23.1 Å². The maximum absolute atomic E-state index is 6.66. The first-order valence-corrected chi connectivity index (χ1v) is 15.4. The molecule has 0 saturated carbocycles. The molecule has 4 aliphatic carbocycles. The van der Waals surface area contributed by atoms with Crippen LogP contribution in [-0.2, 0) is 6.42 Å². The third-order valence-electron chi connectivity index (χ3n) is 9.61. The van der Waals surface area contributed by atoms with Gasteiger partial charge in [-0.2, -0.15) is 0 Å². The second kappa shape index (κ2) is 9.60. The number of nitrogens with one attached hydrogen (secondary N) is 2. The molecule has 0 bridgehead atoms. The van der Waals surface area contributed by atoms with E-state index in [0.717, 1.165) is 72.4 Å². The van der Waals surface area contributed by atoms with Gasteiger partial charge in [0.15, 0.2) is 0 Å². The number of fused-ring (bicyclic) bond motifs is 7. The van der Waals surface area contributed by atoms with Crippen LogP contribution in [0.5, 0.6) is 5.75 Å². The van der Waals surface area contributed by atoms with E-state index in [1.807, 2.05) is 6.07 Å². The maximum Gasteiger partial charge on any atom is 0.134 e. The van der Waals surface area contributed by atoms with Crippen molar-refractivity contribution in [1.29, 1.82) is 0 Å². The molecule has 9 rings (SSSR count). The van der Waals surface area contributed by atoms with Gasteiger partial charge >= 0.3 is 0 Å². The first kappa shape index (κ1) is 24.3. The minimum atomic E-state index is -0.196. The van der Waals surface area contributed by atoms with Crippen LogP contribution in [0.4, 0.5) is 0 Å². The minimum Gasteiger partial charge on any atom is -0.485 e. The number of furan rings is 1. The molecule has 2 aromatic carbocycles. The van der Waals surface area contributed by atoms with Crippen molar-refractivity contribution in [2.75, 3.05) is 0 Å². The molecule has 1 aromatic heterocycles. The molecule has 3 heterocycles. The summed E-state index contributed by atoms with van der Waals surface area (Å²) in [5.74, 6) is 3.28. The molecular formula is C37H33N3O2. The van der Waals surface area contributed by atoms with Gasteiger partial charge in [0.1, 0.15) is 41.2 Å².